The van der Waals surface area contributed by atoms with Gasteiger partial charge in [0.25, 0.3) is 5.91 Å². The van der Waals surface area contributed by atoms with Gasteiger partial charge in [-0.2, -0.15) is 0 Å². The van der Waals surface area contributed by atoms with E-state index in [1.807, 2.05) is 11.8 Å². The molecule has 0 spiro atoms. The van der Waals surface area contributed by atoms with E-state index in [9.17, 15) is 24.0 Å². The second-order valence-corrected chi connectivity index (χ2v) is 5.48. The number of benzene rings is 1. The predicted octanol–water partition coefficient (Wildman–Crippen LogP) is -1.15. The van der Waals surface area contributed by atoms with Gasteiger partial charge in [-0.25, -0.2) is 0 Å². The van der Waals surface area contributed by atoms with E-state index >= 15 is 0 Å². The SMILES string of the molecule is NC(=O)C#CC(=O)CNC(=O)CNC(=O)CSC(=O)c1ccccc1. The average molecular weight is 361 g/mol. The summed E-state index contributed by atoms with van der Waals surface area (Å²) in [5.74, 6) is 0.906. The van der Waals surface area contributed by atoms with Crippen LogP contribution in [0.4, 0.5) is 0 Å². The van der Waals surface area contributed by atoms with Crippen molar-refractivity contribution >= 4 is 40.4 Å². The lowest BCUT2D eigenvalue weighted by molar-refractivity contribution is -0.125. The third-order valence-electron chi connectivity index (χ3n) is 2.56. The van der Waals surface area contributed by atoms with E-state index in [1.165, 1.54) is 0 Å². The largest absolute Gasteiger partial charge is 0.359 e. The zero-order valence-corrected chi connectivity index (χ0v) is 13.9. The molecule has 130 valence electrons. The molecule has 4 N–H and O–H groups in total. The number of Topliss-reactive ketones (excluding diaryl/α,β-unsaturated/α-hetero) is 1. The molecule has 1 aromatic rings. The van der Waals surface area contributed by atoms with Crippen molar-refractivity contribution in [3.05, 3.63) is 35.9 Å². The molecular formula is C16H15N3O5S. The fraction of sp³-hybridized carbons (Fsp3) is 0.188. The smallest absolute Gasteiger partial charge is 0.293 e. The highest BCUT2D eigenvalue weighted by Crippen LogP contribution is 2.11. The molecule has 1 rings (SSSR count). The Morgan fingerprint density at radius 1 is 0.920 bits per heavy atom. The number of hydrogen-bond acceptors (Lipinski definition) is 6. The number of amides is 3. The van der Waals surface area contributed by atoms with E-state index in [0.29, 0.717) is 5.56 Å². The van der Waals surface area contributed by atoms with Crippen LogP contribution in [0.2, 0.25) is 0 Å². The Morgan fingerprint density at radius 3 is 2.20 bits per heavy atom. The van der Waals surface area contributed by atoms with Crippen molar-refractivity contribution in [3.63, 3.8) is 0 Å². The number of nitrogens with two attached hydrogens (primary N) is 1. The van der Waals surface area contributed by atoms with Crippen LogP contribution in [0, 0.1) is 11.8 Å². The molecule has 0 saturated carbocycles. The van der Waals surface area contributed by atoms with Gasteiger partial charge in [-0.05, 0) is 5.92 Å². The minimum Gasteiger partial charge on any atom is -0.359 e. The summed E-state index contributed by atoms with van der Waals surface area (Å²) in [4.78, 5) is 56.4. The number of carbonyl (C=O) groups excluding carboxylic acids is 5. The molecule has 0 unspecified atom stereocenters. The predicted molar refractivity (Wildman–Crippen MR) is 91.2 cm³/mol. The Hall–Kier alpha value is -3.12. The molecule has 0 heterocycles. The van der Waals surface area contributed by atoms with Crippen LogP contribution in [-0.2, 0) is 19.2 Å². The molecule has 0 bridgehead atoms. The summed E-state index contributed by atoms with van der Waals surface area (Å²) >= 11 is 0.818. The molecule has 3 amide bonds. The van der Waals surface area contributed by atoms with Crippen LogP contribution in [0.5, 0.6) is 0 Å². The summed E-state index contributed by atoms with van der Waals surface area (Å²) in [5, 5.41) is 4.29. The molecule has 0 atom stereocenters. The number of carbonyl (C=O) groups is 5. The van der Waals surface area contributed by atoms with Gasteiger partial charge in [-0.1, -0.05) is 42.1 Å². The minimum absolute atomic E-state index is 0.135. The van der Waals surface area contributed by atoms with Crippen molar-refractivity contribution in [3.8, 4) is 11.8 Å². The summed E-state index contributed by atoms with van der Waals surface area (Å²) in [5.41, 5.74) is 5.22. The quantitative estimate of drug-likeness (QED) is 0.414. The molecule has 0 fully saturated rings. The van der Waals surface area contributed by atoms with Crippen LogP contribution in [0.3, 0.4) is 0 Å². The van der Waals surface area contributed by atoms with E-state index in [2.05, 4.69) is 10.6 Å². The maximum absolute atomic E-state index is 11.8. The number of nitrogens with one attached hydrogen (secondary N) is 2. The summed E-state index contributed by atoms with van der Waals surface area (Å²) in [6.45, 7) is -0.758. The summed E-state index contributed by atoms with van der Waals surface area (Å²) in [7, 11) is 0. The molecule has 0 aromatic heterocycles. The first-order valence-corrected chi connectivity index (χ1v) is 7.97. The molecule has 0 radical (unpaired) electrons. The standard InChI is InChI=1S/C16H15N3O5S/c17-13(21)7-6-12(20)8-18-14(22)9-19-15(23)10-25-16(24)11-4-2-1-3-5-11/h1-5H,8-10H2,(H2,17,21)(H,18,22)(H,19,23). The van der Waals surface area contributed by atoms with Gasteiger partial charge in [0.05, 0.1) is 18.8 Å². The van der Waals surface area contributed by atoms with E-state index in [1.54, 1.807) is 30.3 Å². The molecule has 0 saturated heterocycles. The number of primary amides is 1. The Morgan fingerprint density at radius 2 is 1.56 bits per heavy atom. The van der Waals surface area contributed by atoms with E-state index in [0.717, 1.165) is 11.8 Å². The third kappa shape index (κ3) is 8.92. The Balaban J connectivity index is 2.24. The number of hydrogen-bond donors (Lipinski definition) is 3. The van der Waals surface area contributed by atoms with Crippen molar-refractivity contribution in [1.82, 2.24) is 10.6 Å². The number of thioether (sulfide) groups is 1. The van der Waals surface area contributed by atoms with Crippen molar-refractivity contribution < 1.29 is 24.0 Å². The normalized spacial score (nSPS) is 9.28. The van der Waals surface area contributed by atoms with Gasteiger partial charge >= 0.3 is 0 Å². The lowest BCUT2D eigenvalue weighted by Crippen LogP contribution is -2.39. The van der Waals surface area contributed by atoms with Crippen LogP contribution in [0.15, 0.2) is 30.3 Å². The molecule has 9 heteroatoms. The van der Waals surface area contributed by atoms with Crippen molar-refractivity contribution in [2.24, 2.45) is 5.73 Å². The van der Waals surface area contributed by atoms with Gasteiger partial charge in [-0.3, -0.25) is 24.0 Å². The van der Waals surface area contributed by atoms with Gasteiger partial charge in [0.2, 0.25) is 22.7 Å². The Kier molecular flexibility index (Phi) is 8.46. The van der Waals surface area contributed by atoms with Crippen LogP contribution >= 0.6 is 11.8 Å². The monoisotopic (exact) mass is 361 g/mol. The van der Waals surface area contributed by atoms with Crippen LogP contribution < -0.4 is 16.4 Å². The van der Waals surface area contributed by atoms with Gasteiger partial charge in [0.15, 0.2) is 0 Å². The topological polar surface area (TPSA) is 135 Å². The van der Waals surface area contributed by atoms with Crippen LogP contribution in [0.1, 0.15) is 10.4 Å². The minimum atomic E-state index is -0.950. The highest BCUT2D eigenvalue weighted by molar-refractivity contribution is 8.14. The zero-order chi connectivity index (χ0) is 18.7. The van der Waals surface area contributed by atoms with Gasteiger partial charge in [0, 0.05) is 11.5 Å². The summed E-state index contributed by atoms with van der Waals surface area (Å²) in [6, 6.07) is 8.48. The molecule has 25 heavy (non-hydrogen) atoms. The van der Waals surface area contributed by atoms with Crippen LogP contribution in [-0.4, -0.2) is 47.5 Å². The number of rotatable bonds is 7. The maximum atomic E-state index is 11.8. The highest BCUT2D eigenvalue weighted by atomic mass is 32.2. The molecule has 1 aromatic carbocycles. The van der Waals surface area contributed by atoms with Crippen LogP contribution in [0.25, 0.3) is 0 Å². The van der Waals surface area contributed by atoms with Gasteiger partial charge < -0.3 is 16.4 Å². The first kappa shape index (κ1) is 19.9. The average Bonchev–Trinajstić information content (AvgIpc) is 2.61. The highest BCUT2D eigenvalue weighted by Gasteiger charge is 2.11. The summed E-state index contributed by atoms with van der Waals surface area (Å²) < 4.78 is 0. The number of ketones is 1. The Labute approximate surface area is 147 Å². The van der Waals surface area contributed by atoms with Crippen molar-refractivity contribution in [1.29, 1.82) is 0 Å². The second-order valence-electron chi connectivity index (χ2n) is 4.53. The summed E-state index contributed by atoms with van der Waals surface area (Å²) in [6.07, 6.45) is 0. The fourth-order valence-corrected chi connectivity index (χ4v) is 2.10. The molecule has 0 aliphatic heterocycles. The van der Waals surface area contributed by atoms with E-state index in [4.69, 9.17) is 5.73 Å². The third-order valence-corrected chi connectivity index (χ3v) is 3.47. The zero-order valence-electron chi connectivity index (χ0n) is 13.0. The maximum Gasteiger partial charge on any atom is 0.293 e. The first-order chi connectivity index (χ1) is 11.9. The fourth-order valence-electron chi connectivity index (χ4n) is 1.44. The van der Waals surface area contributed by atoms with E-state index < -0.39 is 30.0 Å². The van der Waals surface area contributed by atoms with Gasteiger partial charge in [-0.15, -0.1) is 0 Å². The molecular weight excluding hydrogens is 346 g/mol. The van der Waals surface area contributed by atoms with Crippen molar-refractivity contribution in [2.45, 2.75) is 0 Å². The second kappa shape index (κ2) is 10.6. The first-order valence-electron chi connectivity index (χ1n) is 6.98. The molecule has 8 nitrogen and oxygen atoms in total. The lowest BCUT2D eigenvalue weighted by atomic mass is 10.2. The lowest BCUT2D eigenvalue weighted by Gasteiger charge is -2.05. The van der Waals surface area contributed by atoms with Gasteiger partial charge in [0.1, 0.15) is 0 Å². The van der Waals surface area contributed by atoms with Crippen molar-refractivity contribution in [2.75, 3.05) is 18.8 Å². The Bertz CT molecular complexity index is 737. The van der Waals surface area contributed by atoms with E-state index in [-0.39, 0.29) is 17.4 Å². The molecule has 0 aliphatic carbocycles. The molecule has 0 aliphatic rings.